The molecule has 1 saturated carbocycles. The summed E-state index contributed by atoms with van der Waals surface area (Å²) >= 11 is 0. The van der Waals surface area contributed by atoms with E-state index >= 15 is 0 Å². The van der Waals surface area contributed by atoms with Crippen molar-refractivity contribution in [2.24, 2.45) is 23.7 Å². The molecule has 0 spiro atoms. The molecule has 3 amide bonds. The zero-order chi connectivity index (χ0) is 20.9. The summed E-state index contributed by atoms with van der Waals surface area (Å²) in [5.74, 6) is -2.41. The highest BCUT2D eigenvalue weighted by molar-refractivity contribution is 6.09. The molecule has 0 unspecified atom stereocenters. The van der Waals surface area contributed by atoms with Gasteiger partial charge in [-0.2, -0.15) is 0 Å². The topological polar surface area (TPSA) is 92.8 Å². The molecule has 1 N–H and O–H groups in total. The Hall–Kier alpha value is -2.96. The summed E-state index contributed by atoms with van der Waals surface area (Å²) in [6, 6.07) is 4.45. The van der Waals surface area contributed by atoms with Crippen molar-refractivity contribution in [3.8, 4) is 0 Å². The summed E-state index contributed by atoms with van der Waals surface area (Å²) in [5.41, 5.74) is 2.76. The molecule has 2 bridgehead atoms. The zero-order valence-electron chi connectivity index (χ0n) is 16.7. The predicted molar refractivity (Wildman–Crippen MR) is 105 cm³/mol. The van der Waals surface area contributed by atoms with Crippen LogP contribution in [0.4, 0.5) is 5.69 Å². The monoisotopic (exact) mass is 396 g/mol. The lowest BCUT2D eigenvalue weighted by molar-refractivity contribution is -0.159. The molecule has 0 radical (unpaired) electrons. The van der Waals surface area contributed by atoms with Crippen LogP contribution in [0.3, 0.4) is 0 Å². The van der Waals surface area contributed by atoms with E-state index in [1.165, 1.54) is 6.92 Å². The van der Waals surface area contributed by atoms with E-state index in [9.17, 15) is 19.2 Å². The molecule has 0 aromatic heterocycles. The third-order valence-electron chi connectivity index (χ3n) is 6.37. The Morgan fingerprint density at radius 2 is 1.72 bits per heavy atom. The van der Waals surface area contributed by atoms with Crippen molar-refractivity contribution in [1.82, 2.24) is 4.90 Å². The van der Waals surface area contributed by atoms with Crippen molar-refractivity contribution in [2.45, 2.75) is 33.2 Å². The Morgan fingerprint density at radius 1 is 1.10 bits per heavy atom. The van der Waals surface area contributed by atoms with Crippen LogP contribution in [0.25, 0.3) is 0 Å². The van der Waals surface area contributed by atoms with Crippen molar-refractivity contribution in [3.05, 3.63) is 41.5 Å². The molecule has 2 aliphatic carbocycles. The molecule has 5 atom stereocenters. The van der Waals surface area contributed by atoms with E-state index in [1.54, 1.807) is 6.07 Å². The number of carbonyl (C=O) groups is 4. The molecular formula is C22H24N2O5. The summed E-state index contributed by atoms with van der Waals surface area (Å²) in [6.45, 7) is 4.90. The smallest absolute Gasteiger partial charge is 0.329 e. The Bertz CT molecular complexity index is 907. The molecule has 3 aliphatic rings. The Kier molecular flexibility index (Phi) is 4.76. The molecule has 152 valence electrons. The highest BCUT2D eigenvalue weighted by Gasteiger charge is 2.60. The van der Waals surface area contributed by atoms with Gasteiger partial charge in [0.15, 0.2) is 6.61 Å². The summed E-state index contributed by atoms with van der Waals surface area (Å²) in [4.78, 5) is 51.1. The van der Waals surface area contributed by atoms with Gasteiger partial charge in [-0.05, 0) is 62.3 Å². The van der Waals surface area contributed by atoms with Crippen LogP contribution in [0.1, 0.15) is 24.5 Å². The zero-order valence-corrected chi connectivity index (χ0v) is 16.7. The average Bonchev–Trinajstić information content (AvgIpc) is 3.36. The van der Waals surface area contributed by atoms with Crippen molar-refractivity contribution < 1.29 is 23.9 Å². The summed E-state index contributed by atoms with van der Waals surface area (Å²) in [5, 5.41) is 2.67. The van der Waals surface area contributed by atoms with Gasteiger partial charge >= 0.3 is 5.97 Å². The van der Waals surface area contributed by atoms with Gasteiger partial charge in [0.2, 0.25) is 11.8 Å². The van der Waals surface area contributed by atoms with Crippen LogP contribution in [0.5, 0.6) is 0 Å². The third kappa shape index (κ3) is 3.24. The molecule has 1 aliphatic heterocycles. The number of benzene rings is 1. The van der Waals surface area contributed by atoms with Gasteiger partial charge in [0.25, 0.3) is 5.91 Å². The largest absolute Gasteiger partial charge is 0.454 e. The fourth-order valence-corrected chi connectivity index (χ4v) is 4.69. The number of anilines is 1. The highest BCUT2D eigenvalue weighted by Crippen LogP contribution is 2.52. The Labute approximate surface area is 169 Å². The predicted octanol–water partition coefficient (Wildman–Crippen LogP) is 1.98. The first kappa shape index (κ1) is 19.4. The van der Waals surface area contributed by atoms with Crippen LogP contribution in [-0.4, -0.2) is 41.2 Å². The van der Waals surface area contributed by atoms with Gasteiger partial charge in [-0.1, -0.05) is 18.2 Å². The van der Waals surface area contributed by atoms with E-state index in [0.717, 1.165) is 22.4 Å². The number of nitrogens with zero attached hydrogens (tertiary/aromatic N) is 1. The summed E-state index contributed by atoms with van der Waals surface area (Å²) < 4.78 is 5.08. The van der Waals surface area contributed by atoms with E-state index in [4.69, 9.17) is 4.74 Å². The summed E-state index contributed by atoms with van der Waals surface area (Å²) in [7, 11) is 0. The summed E-state index contributed by atoms with van der Waals surface area (Å²) in [6.07, 6.45) is 4.83. The maximum Gasteiger partial charge on any atom is 0.329 e. The number of hydrogen-bond donors (Lipinski definition) is 1. The van der Waals surface area contributed by atoms with Gasteiger partial charge in [-0.3, -0.25) is 19.3 Å². The second-order valence-electron chi connectivity index (χ2n) is 8.18. The number of hydrogen-bond acceptors (Lipinski definition) is 5. The van der Waals surface area contributed by atoms with E-state index in [-0.39, 0.29) is 35.5 Å². The molecule has 2 fully saturated rings. The van der Waals surface area contributed by atoms with Gasteiger partial charge in [-0.15, -0.1) is 0 Å². The van der Waals surface area contributed by atoms with Crippen molar-refractivity contribution >= 4 is 29.4 Å². The number of allylic oxidation sites excluding steroid dienone is 2. The van der Waals surface area contributed by atoms with E-state index < -0.39 is 24.5 Å². The lowest BCUT2D eigenvalue weighted by Crippen LogP contribution is -2.45. The van der Waals surface area contributed by atoms with Crippen LogP contribution >= 0.6 is 0 Å². The van der Waals surface area contributed by atoms with E-state index in [0.29, 0.717) is 5.69 Å². The van der Waals surface area contributed by atoms with Crippen molar-refractivity contribution in [2.75, 3.05) is 11.9 Å². The Balaban J connectivity index is 1.34. The lowest BCUT2D eigenvalue weighted by atomic mass is 9.85. The number of nitrogens with one attached hydrogen (secondary N) is 1. The molecule has 7 heteroatoms. The highest BCUT2D eigenvalue weighted by atomic mass is 16.5. The number of esters is 1. The van der Waals surface area contributed by atoms with Crippen LogP contribution in [-0.2, 0) is 23.9 Å². The first-order valence-electron chi connectivity index (χ1n) is 9.87. The number of imide groups is 1. The lowest BCUT2D eigenvalue weighted by Gasteiger charge is -2.23. The molecule has 1 aromatic rings. The number of ether oxygens (including phenoxy) is 1. The molecule has 1 aromatic carbocycles. The fraction of sp³-hybridized carbons (Fsp3) is 0.455. The van der Waals surface area contributed by atoms with Crippen LogP contribution in [0.15, 0.2) is 30.4 Å². The van der Waals surface area contributed by atoms with E-state index in [1.807, 2.05) is 38.1 Å². The number of likely N-dealkylation sites (tertiary alicyclic amines) is 1. The van der Waals surface area contributed by atoms with Gasteiger partial charge in [0.1, 0.15) is 6.04 Å². The quantitative estimate of drug-likeness (QED) is 0.467. The van der Waals surface area contributed by atoms with Gasteiger partial charge in [-0.25, -0.2) is 4.79 Å². The minimum Gasteiger partial charge on any atom is -0.454 e. The van der Waals surface area contributed by atoms with Gasteiger partial charge in [0, 0.05) is 5.69 Å². The maximum absolute atomic E-state index is 12.8. The molecule has 29 heavy (non-hydrogen) atoms. The van der Waals surface area contributed by atoms with Crippen LogP contribution < -0.4 is 5.32 Å². The maximum atomic E-state index is 12.8. The van der Waals surface area contributed by atoms with Crippen molar-refractivity contribution in [3.63, 3.8) is 0 Å². The van der Waals surface area contributed by atoms with Crippen LogP contribution in [0.2, 0.25) is 0 Å². The molecule has 7 nitrogen and oxygen atoms in total. The van der Waals surface area contributed by atoms with Crippen molar-refractivity contribution in [1.29, 1.82) is 0 Å². The normalized spacial score (nSPS) is 27.9. The second kappa shape index (κ2) is 7.13. The number of carbonyl (C=O) groups excluding carboxylic acids is 4. The average molecular weight is 396 g/mol. The SMILES string of the molecule is Cc1ccc(NC(=O)COC(=O)[C@H](C)N2C(=O)[C@H]3[C@H](C2=O)[C@H]2C=C[C@H]3C2)cc1C. The fourth-order valence-electron chi connectivity index (χ4n) is 4.69. The second-order valence-corrected chi connectivity index (χ2v) is 8.18. The first-order valence-corrected chi connectivity index (χ1v) is 9.87. The third-order valence-corrected chi connectivity index (χ3v) is 6.37. The minimum absolute atomic E-state index is 0.0819. The number of rotatable bonds is 5. The van der Waals surface area contributed by atoms with Gasteiger partial charge < -0.3 is 10.1 Å². The molecule has 1 saturated heterocycles. The molecule has 4 rings (SSSR count). The van der Waals surface area contributed by atoms with E-state index in [2.05, 4.69) is 5.32 Å². The number of aryl methyl sites for hydroxylation is 2. The molecule has 1 heterocycles. The first-order chi connectivity index (χ1) is 13.8. The molecular weight excluding hydrogens is 372 g/mol. The number of fused-ring (bicyclic) bond motifs is 5. The minimum atomic E-state index is -1.05. The standard InChI is InChI=1S/C22H24N2O5/c1-11-4-7-16(8-12(11)2)23-17(25)10-29-22(28)13(3)24-20(26)18-14-5-6-15(9-14)19(18)21(24)27/h4-8,13-15,18-19H,9-10H2,1-3H3,(H,23,25)/t13-,14-,15-,18+,19+/m0/s1. The number of amides is 3. The van der Waals surface area contributed by atoms with Gasteiger partial charge in [0.05, 0.1) is 11.8 Å². The Morgan fingerprint density at radius 3 is 2.31 bits per heavy atom. The van der Waals surface area contributed by atoms with Crippen LogP contribution in [0, 0.1) is 37.5 Å².